The largest absolute Gasteiger partial charge is 0.405 e. The molecule has 15 heteroatoms. The summed E-state index contributed by atoms with van der Waals surface area (Å²) in [6.07, 6.45) is -6.10. The summed E-state index contributed by atoms with van der Waals surface area (Å²) in [5.41, 5.74) is 8.19. The Morgan fingerprint density at radius 3 is 2.51 bits per heavy atom. The van der Waals surface area contributed by atoms with Gasteiger partial charge in [-0.05, 0) is 32.1 Å². The summed E-state index contributed by atoms with van der Waals surface area (Å²) in [5, 5.41) is 15.9. The lowest BCUT2D eigenvalue weighted by molar-refractivity contribution is -0.168. The third-order valence-corrected chi connectivity index (χ3v) is 8.10. The monoisotopic (exact) mass is 559 g/mol. The van der Waals surface area contributed by atoms with Gasteiger partial charge in [-0.2, -0.15) is 13.2 Å². The van der Waals surface area contributed by atoms with E-state index in [1.165, 1.54) is 12.1 Å². The van der Waals surface area contributed by atoms with Gasteiger partial charge in [0.15, 0.2) is 5.96 Å². The van der Waals surface area contributed by atoms with Crippen LogP contribution < -0.4 is 26.9 Å². The number of hydrogen-bond donors (Lipinski definition) is 6. The summed E-state index contributed by atoms with van der Waals surface area (Å²) < 4.78 is 69.7. The average Bonchev–Trinajstić information content (AvgIpc) is 3.42. The number of aliphatic hydroxyl groups excluding tert-OH is 1. The van der Waals surface area contributed by atoms with Crippen LogP contribution in [0.4, 0.5) is 22.0 Å². The van der Waals surface area contributed by atoms with Crippen LogP contribution in [0, 0.1) is 11.8 Å². The van der Waals surface area contributed by atoms with Crippen molar-refractivity contribution in [3.8, 4) is 0 Å². The highest BCUT2D eigenvalue weighted by Gasteiger charge is 2.52. The van der Waals surface area contributed by atoms with Crippen LogP contribution in [-0.2, 0) is 4.79 Å². The van der Waals surface area contributed by atoms with Crippen molar-refractivity contribution in [1.82, 2.24) is 31.9 Å². The van der Waals surface area contributed by atoms with Crippen molar-refractivity contribution >= 4 is 23.5 Å². The molecular weight excluding hydrogens is 525 g/mol. The Labute approximate surface area is 217 Å². The first-order valence-corrected chi connectivity index (χ1v) is 13.1. The van der Waals surface area contributed by atoms with Gasteiger partial charge in [-0.15, -0.1) is 11.6 Å². The summed E-state index contributed by atoms with van der Waals surface area (Å²) >= 11 is 6.05. The van der Waals surface area contributed by atoms with Gasteiger partial charge in [0, 0.05) is 43.8 Å². The second-order valence-electron chi connectivity index (χ2n) is 10.6. The minimum Gasteiger partial charge on any atom is -0.393 e. The number of halogens is 6. The smallest absolute Gasteiger partial charge is 0.393 e. The van der Waals surface area contributed by atoms with Crippen molar-refractivity contribution in [3.05, 3.63) is 0 Å². The standard InChI is InChI=1S/C22H35ClF5N7O2/c1-35-9-13(19(34-35)22(26,27)28)20(37)31-21(29-16-5-2-10(23)6-15(16)25)30-18-8-17(32-33-18)12-4-3-11(36)7-14(12)24/h10-19,32-34,36H,2-9H2,1H3,(H2,29,30,31,37). The van der Waals surface area contributed by atoms with Crippen molar-refractivity contribution in [2.75, 3.05) is 13.6 Å². The molecule has 4 rings (SSSR count). The molecule has 4 aliphatic rings. The van der Waals surface area contributed by atoms with E-state index in [1.807, 2.05) is 0 Å². The third kappa shape index (κ3) is 7.21. The Kier molecular flexibility index (Phi) is 9.17. The van der Waals surface area contributed by atoms with Crippen LogP contribution in [0.2, 0.25) is 0 Å². The van der Waals surface area contributed by atoms with E-state index in [0.717, 1.165) is 0 Å². The number of nitrogens with zero attached hydrogens (tertiary/aromatic N) is 2. The molecule has 0 radical (unpaired) electrons. The van der Waals surface area contributed by atoms with Crippen molar-refractivity contribution in [2.45, 2.75) is 99.2 Å². The zero-order valence-corrected chi connectivity index (χ0v) is 21.2. The number of carbonyl (C=O) groups excluding carboxylic acids is 1. The molecule has 10 atom stereocenters. The fraction of sp³-hybridized carbons (Fsp3) is 0.909. The molecule has 2 saturated heterocycles. The highest BCUT2D eigenvalue weighted by atomic mass is 35.5. The van der Waals surface area contributed by atoms with Crippen LogP contribution in [0.25, 0.3) is 0 Å². The van der Waals surface area contributed by atoms with Gasteiger partial charge in [0.05, 0.1) is 18.1 Å². The minimum absolute atomic E-state index is 0.0605. The van der Waals surface area contributed by atoms with Crippen LogP contribution in [0.1, 0.15) is 44.9 Å². The second-order valence-corrected chi connectivity index (χ2v) is 11.2. The average molecular weight is 560 g/mol. The van der Waals surface area contributed by atoms with E-state index < -0.39 is 54.7 Å². The van der Waals surface area contributed by atoms with Gasteiger partial charge in [0.2, 0.25) is 5.91 Å². The molecule has 37 heavy (non-hydrogen) atoms. The summed E-state index contributed by atoms with van der Waals surface area (Å²) in [4.78, 5) is 17.4. The summed E-state index contributed by atoms with van der Waals surface area (Å²) in [6, 6.07) is -3.09. The molecule has 6 N–H and O–H groups in total. The Morgan fingerprint density at radius 1 is 1.08 bits per heavy atom. The van der Waals surface area contributed by atoms with Crippen molar-refractivity contribution in [2.24, 2.45) is 16.8 Å². The number of carbonyl (C=O) groups is 1. The molecule has 212 valence electrons. The summed E-state index contributed by atoms with van der Waals surface area (Å²) in [6.45, 7) is -0.177. The van der Waals surface area contributed by atoms with Gasteiger partial charge in [0.25, 0.3) is 0 Å². The normalized spacial score (nSPS) is 42.1. The Hall–Kier alpha value is -1.32. The first-order chi connectivity index (χ1) is 17.4. The quantitative estimate of drug-likeness (QED) is 0.133. The number of guanidine groups is 1. The number of rotatable bonds is 4. The van der Waals surface area contributed by atoms with E-state index in [4.69, 9.17) is 11.6 Å². The number of nitrogens with one attached hydrogen (secondary N) is 5. The van der Waals surface area contributed by atoms with Crippen LogP contribution in [0.5, 0.6) is 0 Å². The van der Waals surface area contributed by atoms with E-state index in [1.54, 1.807) is 0 Å². The van der Waals surface area contributed by atoms with Gasteiger partial charge in [-0.25, -0.2) is 29.6 Å². The maximum absolute atomic E-state index is 14.7. The van der Waals surface area contributed by atoms with Gasteiger partial charge in [-0.1, -0.05) is 0 Å². The molecule has 9 nitrogen and oxygen atoms in total. The molecule has 0 aromatic rings. The zero-order chi connectivity index (χ0) is 26.9. The van der Waals surface area contributed by atoms with E-state index in [2.05, 4.69) is 31.9 Å². The number of hydrogen-bond acceptors (Lipinski definition) is 7. The molecule has 0 spiro atoms. The fourth-order valence-electron chi connectivity index (χ4n) is 5.69. The molecule has 2 saturated carbocycles. The van der Waals surface area contributed by atoms with Gasteiger partial charge in [0.1, 0.15) is 24.6 Å². The maximum Gasteiger partial charge on any atom is 0.405 e. The molecule has 2 aliphatic carbocycles. The Bertz CT molecular complexity index is 840. The van der Waals surface area contributed by atoms with Crippen molar-refractivity contribution < 1.29 is 31.9 Å². The number of alkyl halides is 6. The lowest BCUT2D eigenvalue weighted by Crippen LogP contribution is -2.55. The van der Waals surface area contributed by atoms with Crippen LogP contribution in [-0.4, -0.2) is 89.9 Å². The molecular formula is C22H35ClF5N7O2. The highest BCUT2D eigenvalue weighted by Crippen LogP contribution is 2.33. The Balaban J connectivity index is 1.47. The summed E-state index contributed by atoms with van der Waals surface area (Å²) in [7, 11) is 1.41. The van der Waals surface area contributed by atoms with Crippen LogP contribution in [0.15, 0.2) is 4.99 Å². The summed E-state index contributed by atoms with van der Waals surface area (Å²) in [5.74, 6) is -2.83. The molecule has 4 fully saturated rings. The lowest BCUT2D eigenvalue weighted by Gasteiger charge is -2.32. The number of aliphatic hydroxyl groups is 1. The van der Waals surface area contributed by atoms with Gasteiger partial charge >= 0.3 is 6.18 Å². The number of amides is 1. The van der Waals surface area contributed by atoms with E-state index in [0.29, 0.717) is 32.1 Å². The molecule has 2 aliphatic heterocycles. The third-order valence-electron chi connectivity index (χ3n) is 7.70. The Morgan fingerprint density at radius 2 is 1.84 bits per heavy atom. The number of aliphatic imine (C=N–C) groups is 1. The lowest BCUT2D eigenvalue weighted by atomic mass is 9.80. The predicted molar refractivity (Wildman–Crippen MR) is 127 cm³/mol. The second kappa shape index (κ2) is 11.8. The predicted octanol–water partition coefficient (Wildman–Crippen LogP) is 1.24. The van der Waals surface area contributed by atoms with E-state index >= 15 is 0 Å². The molecule has 10 unspecified atom stereocenters. The van der Waals surface area contributed by atoms with Crippen molar-refractivity contribution in [3.63, 3.8) is 0 Å². The first kappa shape index (κ1) is 28.7. The molecule has 2 heterocycles. The first-order valence-electron chi connectivity index (χ1n) is 12.7. The van der Waals surface area contributed by atoms with Crippen LogP contribution >= 0.6 is 11.6 Å². The molecule has 1 amide bonds. The fourth-order valence-corrected chi connectivity index (χ4v) is 5.99. The molecule has 0 bridgehead atoms. The molecule has 0 aromatic heterocycles. The van der Waals surface area contributed by atoms with Crippen molar-refractivity contribution in [1.29, 1.82) is 0 Å². The van der Waals surface area contributed by atoms with Gasteiger partial charge in [-0.3, -0.25) is 15.5 Å². The SMILES string of the molecule is CN1CC(C(=O)N/C(=N/C2CC(C3CCC(O)CC3F)NN2)NC2CCC(Cl)CC2F)C(C(F)(F)F)N1. The number of hydrazine groups is 2. The maximum atomic E-state index is 14.7. The van der Waals surface area contributed by atoms with E-state index in [-0.39, 0.29) is 42.7 Å². The highest BCUT2D eigenvalue weighted by molar-refractivity contribution is 6.20. The molecule has 0 aromatic carbocycles. The van der Waals surface area contributed by atoms with E-state index in [9.17, 15) is 31.9 Å². The minimum atomic E-state index is -4.65. The zero-order valence-electron chi connectivity index (χ0n) is 20.4. The topological polar surface area (TPSA) is 113 Å². The van der Waals surface area contributed by atoms with Gasteiger partial charge < -0.3 is 10.4 Å². The van der Waals surface area contributed by atoms with Crippen LogP contribution in [0.3, 0.4) is 0 Å².